The van der Waals surface area contributed by atoms with Crippen molar-refractivity contribution in [2.45, 2.75) is 39.0 Å². The second kappa shape index (κ2) is 12.5. The van der Waals surface area contributed by atoms with E-state index in [9.17, 15) is 4.79 Å². The fourth-order valence-electron chi connectivity index (χ4n) is 7.19. The number of nitrogens with zero attached hydrogens (tertiary/aromatic N) is 1. The van der Waals surface area contributed by atoms with Gasteiger partial charge in [0, 0.05) is 30.0 Å². The third-order valence-corrected chi connectivity index (χ3v) is 9.76. The number of aryl methyl sites for hydroxylation is 2. The zero-order chi connectivity index (χ0) is 33.5. The number of fused-ring (bicyclic) bond motifs is 6. The molecule has 1 atom stereocenters. The molecule has 1 unspecified atom stereocenters. The van der Waals surface area contributed by atoms with Crippen molar-refractivity contribution >= 4 is 34.6 Å². The van der Waals surface area contributed by atoms with Gasteiger partial charge < -0.3 is 19.7 Å². The molecule has 0 aliphatic carbocycles. The Morgan fingerprint density at radius 2 is 1.43 bits per heavy atom. The predicted molar refractivity (Wildman–Crippen MR) is 196 cm³/mol. The van der Waals surface area contributed by atoms with E-state index in [1.54, 1.807) is 0 Å². The van der Waals surface area contributed by atoms with Crippen molar-refractivity contribution in [1.82, 2.24) is 0 Å². The van der Waals surface area contributed by atoms with Crippen LogP contribution >= 0.6 is 11.6 Å². The molecule has 6 aromatic rings. The quantitative estimate of drug-likeness (QED) is 0.164. The topological polar surface area (TPSA) is 50.8 Å². The maximum Gasteiger partial charge on any atom is 0.340 e. The summed E-state index contributed by atoms with van der Waals surface area (Å²) in [7, 11) is 0. The highest BCUT2D eigenvalue weighted by atomic mass is 35.5. The first-order valence-corrected chi connectivity index (χ1v) is 17.0. The molecule has 0 saturated carbocycles. The van der Waals surface area contributed by atoms with Crippen LogP contribution in [0.15, 0.2) is 133 Å². The Hall–Kier alpha value is -5.52. The first-order valence-electron chi connectivity index (χ1n) is 16.6. The molecule has 0 bridgehead atoms. The number of carbonyl (C=O) groups excluding carboxylic acids is 1. The Morgan fingerprint density at radius 1 is 0.735 bits per heavy atom. The summed E-state index contributed by atoms with van der Waals surface area (Å²) in [5.74, 6) is 0.663. The smallest absolute Gasteiger partial charge is 0.340 e. The van der Waals surface area contributed by atoms with Gasteiger partial charge in [0.2, 0.25) is 0 Å². The summed E-state index contributed by atoms with van der Waals surface area (Å²) in [4.78, 5) is 16.1. The van der Waals surface area contributed by atoms with Crippen LogP contribution in [0, 0.1) is 6.92 Å². The lowest BCUT2D eigenvalue weighted by molar-refractivity contribution is 0.0227. The van der Waals surface area contributed by atoms with Gasteiger partial charge in [-0.05, 0) is 66.4 Å². The minimum atomic E-state index is -1.32. The Morgan fingerprint density at radius 3 is 2.14 bits per heavy atom. The number of anilines is 3. The molecule has 0 radical (unpaired) electrons. The number of ether oxygens (including phenoxy) is 2. The minimum absolute atomic E-state index is 0.388. The number of esters is 1. The molecule has 1 N–H and O–H groups in total. The fourth-order valence-corrected chi connectivity index (χ4v) is 7.44. The lowest BCUT2D eigenvalue weighted by Crippen LogP contribution is -2.34. The molecule has 2 aliphatic rings. The molecule has 0 fully saturated rings. The van der Waals surface area contributed by atoms with Crippen LogP contribution in [0.5, 0.6) is 11.5 Å². The van der Waals surface area contributed by atoms with Gasteiger partial charge in [-0.15, -0.1) is 0 Å². The monoisotopic (exact) mass is 662 g/mol. The van der Waals surface area contributed by atoms with Crippen molar-refractivity contribution in [1.29, 1.82) is 0 Å². The van der Waals surface area contributed by atoms with Crippen LogP contribution in [0.4, 0.5) is 17.1 Å². The average Bonchev–Trinajstić information content (AvgIpc) is 3.42. The van der Waals surface area contributed by atoms with Gasteiger partial charge in [0.25, 0.3) is 0 Å². The van der Waals surface area contributed by atoms with E-state index in [-0.39, 0.29) is 5.97 Å². The normalized spacial score (nSPS) is 15.5. The van der Waals surface area contributed by atoms with E-state index >= 15 is 0 Å². The molecule has 0 saturated heterocycles. The Bertz CT molecular complexity index is 2160. The Labute approximate surface area is 291 Å². The number of carbonyl (C=O) groups is 1. The summed E-state index contributed by atoms with van der Waals surface area (Å²) in [6.45, 7) is 5.54. The average molecular weight is 663 g/mol. The van der Waals surface area contributed by atoms with Gasteiger partial charge in [0.15, 0.2) is 11.4 Å². The molecule has 8 rings (SSSR count). The second-order valence-electron chi connectivity index (χ2n) is 12.7. The molecular weight excluding hydrogens is 628 g/mol. The molecule has 1 spiro atoms. The van der Waals surface area contributed by atoms with Crippen LogP contribution in [-0.2, 0) is 29.8 Å². The van der Waals surface area contributed by atoms with Gasteiger partial charge in [-0.25, -0.2) is 4.79 Å². The maximum absolute atomic E-state index is 13.8. The molecule has 6 aromatic carbocycles. The minimum Gasteiger partial charge on any atom is -0.455 e. The Balaban J connectivity index is 1.34. The summed E-state index contributed by atoms with van der Waals surface area (Å²) in [6, 6.07) is 44.7. The van der Waals surface area contributed by atoms with Gasteiger partial charge in [-0.2, -0.15) is 0 Å². The van der Waals surface area contributed by atoms with Crippen LogP contribution in [0.1, 0.15) is 56.2 Å². The predicted octanol–water partition coefficient (Wildman–Crippen LogP) is 10.7. The largest absolute Gasteiger partial charge is 0.455 e. The van der Waals surface area contributed by atoms with Crippen LogP contribution in [0.3, 0.4) is 0 Å². The molecular formula is C43H35ClN2O3. The lowest BCUT2D eigenvalue weighted by atomic mass is 9.76. The molecule has 2 heterocycles. The molecule has 0 aromatic heterocycles. The Kier molecular flexibility index (Phi) is 7.85. The highest BCUT2D eigenvalue weighted by Crippen LogP contribution is 2.60. The van der Waals surface area contributed by atoms with Crippen molar-refractivity contribution < 1.29 is 14.3 Å². The molecule has 2 aliphatic heterocycles. The molecule has 49 heavy (non-hydrogen) atoms. The zero-order valence-electron chi connectivity index (χ0n) is 27.4. The number of rotatable bonds is 8. The molecule has 5 nitrogen and oxygen atoms in total. The van der Waals surface area contributed by atoms with Crippen molar-refractivity contribution in [3.63, 3.8) is 0 Å². The fraction of sp³-hybridized carbons (Fsp3) is 0.140. The molecule has 6 heteroatoms. The van der Waals surface area contributed by atoms with E-state index in [0.29, 0.717) is 40.7 Å². The summed E-state index contributed by atoms with van der Waals surface area (Å²) < 4.78 is 13.3. The van der Waals surface area contributed by atoms with E-state index in [1.165, 1.54) is 11.1 Å². The standard InChI is InChI=1S/C43H35ClN2O3/c1-3-31-23-28(2)21-22-37(31)45-38-19-12-20-39-40(38)43(34-18-11-10-17-33(34)42(47)49-43)35-24-32(25-36(44)41(35)48-39)46(26-29-13-6-4-7-14-29)27-30-15-8-5-9-16-30/h4-25,45H,3,26-27H2,1-2H3. The second-order valence-corrected chi connectivity index (χ2v) is 13.1. The van der Waals surface area contributed by atoms with E-state index in [0.717, 1.165) is 45.7 Å². The van der Waals surface area contributed by atoms with Crippen LogP contribution in [-0.4, -0.2) is 5.97 Å². The lowest BCUT2D eigenvalue weighted by Gasteiger charge is -2.39. The van der Waals surface area contributed by atoms with Gasteiger partial charge in [0.05, 0.1) is 27.4 Å². The first kappa shape index (κ1) is 30.8. The number of hydrogen-bond donors (Lipinski definition) is 1. The van der Waals surface area contributed by atoms with E-state index < -0.39 is 5.60 Å². The van der Waals surface area contributed by atoms with Crippen molar-refractivity contribution in [3.8, 4) is 11.5 Å². The molecule has 0 amide bonds. The third kappa shape index (κ3) is 5.41. The summed E-state index contributed by atoms with van der Waals surface area (Å²) in [5, 5.41) is 4.15. The number of halogens is 1. The van der Waals surface area contributed by atoms with Gasteiger partial charge >= 0.3 is 5.97 Å². The zero-order valence-corrected chi connectivity index (χ0v) is 28.1. The number of hydrogen-bond acceptors (Lipinski definition) is 5. The maximum atomic E-state index is 13.8. The van der Waals surface area contributed by atoms with Gasteiger partial charge in [0.1, 0.15) is 5.75 Å². The van der Waals surface area contributed by atoms with Crippen molar-refractivity contribution in [3.05, 3.63) is 183 Å². The molecule has 242 valence electrons. The number of benzene rings is 6. The summed E-state index contributed by atoms with van der Waals surface area (Å²) >= 11 is 7.21. The van der Waals surface area contributed by atoms with E-state index in [4.69, 9.17) is 21.1 Å². The highest BCUT2D eigenvalue weighted by molar-refractivity contribution is 6.32. The van der Waals surface area contributed by atoms with Crippen LogP contribution < -0.4 is 15.0 Å². The summed E-state index contributed by atoms with van der Waals surface area (Å²) in [5.41, 5.74) is 8.76. The van der Waals surface area contributed by atoms with Crippen LogP contribution in [0.2, 0.25) is 5.02 Å². The highest BCUT2D eigenvalue weighted by Gasteiger charge is 2.55. The third-order valence-electron chi connectivity index (χ3n) is 9.48. The summed E-state index contributed by atoms with van der Waals surface area (Å²) in [6.07, 6.45) is 0.860. The van der Waals surface area contributed by atoms with Gasteiger partial charge in [-0.3, -0.25) is 0 Å². The van der Waals surface area contributed by atoms with Gasteiger partial charge in [-0.1, -0.05) is 121 Å². The van der Waals surface area contributed by atoms with Crippen molar-refractivity contribution in [2.24, 2.45) is 0 Å². The first-order chi connectivity index (χ1) is 23.9. The van der Waals surface area contributed by atoms with Crippen LogP contribution in [0.25, 0.3) is 0 Å². The van der Waals surface area contributed by atoms with E-state index in [1.807, 2.05) is 60.7 Å². The SMILES string of the molecule is CCc1cc(C)ccc1Nc1cccc2c1C1(OC(=O)c3ccccc31)c1cc(N(Cc3ccccc3)Cc3ccccc3)cc(Cl)c1O2. The van der Waals surface area contributed by atoms with E-state index in [2.05, 4.69) is 96.9 Å². The van der Waals surface area contributed by atoms with Crippen molar-refractivity contribution in [2.75, 3.05) is 10.2 Å². The number of nitrogens with one attached hydrogen (secondary N) is 1.